The molecule has 0 fully saturated rings. The molecular weight excluding hydrogens is 208 g/mol. The van der Waals surface area contributed by atoms with E-state index in [0.29, 0.717) is 25.1 Å². The van der Waals surface area contributed by atoms with Gasteiger partial charge in [0.2, 0.25) is 0 Å². The quantitative estimate of drug-likeness (QED) is 0.551. The summed E-state index contributed by atoms with van der Waals surface area (Å²) in [5, 5.41) is 2.76. The molecule has 0 unspecified atom stereocenters. The highest BCUT2D eigenvalue weighted by Crippen LogP contribution is 2.10. The summed E-state index contributed by atoms with van der Waals surface area (Å²) in [5.41, 5.74) is 0.606. The molecular formula is C11H16N2O3. The van der Waals surface area contributed by atoms with Crippen molar-refractivity contribution in [2.45, 2.75) is 6.42 Å². The predicted octanol–water partition coefficient (Wildman–Crippen LogP) is 0.705. The Bertz CT molecular complexity index is 325. The van der Waals surface area contributed by atoms with Crippen LogP contribution in [-0.4, -0.2) is 26.2 Å². The zero-order valence-electron chi connectivity index (χ0n) is 9.23. The predicted molar refractivity (Wildman–Crippen MR) is 60.1 cm³/mol. The second kappa shape index (κ2) is 6.81. The zero-order valence-corrected chi connectivity index (χ0v) is 9.23. The van der Waals surface area contributed by atoms with Crippen molar-refractivity contribution in [1.29, 1.82) is 0 Å². The maximum Gasteiger partial charge on any atom is 0.251 e. The van der Waals surface area contributed by atoms with Crippen molar-refractivity contribution in [3.05, 3.63) is 29.8 Å². The Labute approximate surface area is 94.5 Å². The second-order valence-corrected chi connectivity index (χ2v) is 3.21. The van der Waals surface area contributed by atoms with Crippen LogP contribution in [0.15, 0.2) is 24.3 Å². The Hall–Kier alpha value is -1.59. The highest BCUT2D eigenvalue weighted by molar-refractivity contribution is 5.94. The van der Waals surface area contributed by atoms with Crippen LogP contribution in [0.3, 0.4) is 0 Å². The topological polar surface area (TPSA) is 73.6 Å². The Morgan fingerprint density at radius 3 is 2.62 bits per heavy atom. The molecule has 0 aliphatic carbocycles. The number of carbonyl (C=O) groups is 1. The van der Waals surface area contributed by atoms with Crippen LogP contribution < -0.4 is 16.0 Å². The number of rotatable bonds is 6. The van der Waals surface area contributed by atoms with E-state index in [1.54, 1.807) is 31.4 Å². The first-order chi connectivity index (χ1) is 7.77. The molecule has 16 heavy (non-hydrogen) atoms. The van der Waals surface area contributed by atoms with Gasteiger partial charge < -0.3 is 14.9 Å². The van der Waals surface area contributed by atoms with Crippen LogP contribution in [0.4, 0.5) is 0 Å². The molecule has 0 spiro atoms. The summed E-state index contributed by atoms with van der Waals surface area (Å²) >= 11 is 0. The maximum atomic E-state index is 11.6. The van der Waals surface area contributed by atoms with Crippen molar-refractivity contribution in [3.63, 3.8) is 0 Å². The molecule has 0 radical (unpaired) electrons. The zero-order chi connectivity index (χ0) is 11.8. The summed E-state index contributed by atoms with van der Waals surface area (Å²) in [7, 11) is 1.59. The first-order valence-corrected chi connectivity index (χ1v) is 5.02. The summed E-state index contributed by atoms with van der Waals surface area (Å²) < 4.78 is 5.00. The number of benzene rings is 1. The molecule has 0 saturated heterocycles. The normalized spacial score (nSPS) is 9.88. The first kappa shape index (κ1) is 12.5. The van der Waals surface area contributed by atoms with Crippen molar-refractivity contribution < 1.29 is 14.4 Å². The van der Waals surface area contributed by atoms with Gasteiger partial charge in [-0.1, -0.05) is 0 Å². The number of hydrogen-bond acceptors (Lipinski definition) is 4. The molecule has 88 valence electrons. The highest BCUT2D eigenvalue weighted by atomic mass is 16.6. The van der Waals surface area contributed by atoms with Crippen molar-refractivity contribution in [2.24, 2.45) is 5.90 Å². The van der Waals surface area contributed by atoms with E-state index in [2.05, 4.69) is 10.2 Å². The minimum absolute atomic E-state index is 0.111. The lowest BCUT2D eigenvalue weighted by Gasteiger charge is -2.05. The molecule has 0 heterocycles. The average Bonchev–Trinajstić information content (AvgIpc) is 2.34. The number of nitrogens with one attached hydrogen (secondary N) is 1. The third kappa shape index (κ3) is 3.88. The average molecular weight is 224 g/mol. The van der Waals surface area contributed by atoms with Crippen LogP contribution in [0.5, 0.6) is 5.75 Å². The van der Waals surface area contributed by atoms with Gasteiger partial charge in [-0.25, -0.2) is 5.90 Å². The van der Waals surface area contributed by atoms with Gasteiger partial charge in [-0.05, 0) is 30.7 Å². The van der Waals surface area contributed by atoms with Gasteiger partial charge in [-0.3, -0.25) is 4.79 Å². The molecule has 1 rings (SSSR count). The number of amides is 1. The molecule has 1 amide bonds. The maximum absolute atomic E-state index is 11.6. The molecule has 3 N–H and O–H groups in total. The number of ether oxygens (including phenoxy) is 1. The first-order valence-electron chi connectivity index (χ1n) is 5.02. The SMILES string of the molecule is COc1ccc(C(=O)NCCCON)cc1. The van der Waals surface area contributed by atoms with Gasteiger partial charge in [-0.15, -0.1) is 0 Å². The summed E-state index contributed by atoms with van der Waals surface area (Å²) in [4.78, 5) is 16.0. The molecule has 0 aliphatic rings. The van der Waals surface area contributed by atoms with E-state index >= 15 is 0 Å². The summed E-state index contributed by atoms with van der Waals surface area (Å²) in [6.45, 7) is 0.977. The van der Waals surface area contributed by atoms with Gasteiger partial charge in [0.05, 0.1) is 13.7 Å². The van der Waals surface area contributed by atoms with E-state index in [1.165, 1.54) is 0 Å². The van der Waals surface area contributed by atoms with Gasteiger partial charge in [0, 0.05) is 12.1 Å². The summed E-state index contributed by atoms with van der Waals surface area (Å²) in [6, 6.07) is 6.93. The fourth-order valence-electron chi connectivity index (χ4n) is 1.20. The highest BCUT2D eigenvalue weighted by Gasteiger charge is 2.04. The smallest absolute Gasteiger partial charge is 0.251 e. The molecule has 5 heteroatoms. The Morgan fingerprint density at radius 1 is 1.38 bits per heavy atom. The number of hydrogen-bond donors (Lipinski definition) is 2. The molecule has 0 atom stereocenters. The van der Waals surface area contributed by atoms with Gasteiger partial charge >= 0.3 is 0 Å². The van der Waals surface area contributed by atoms with Gasteiger partial charge in [0.15, 0.2) is 0 Å². The fraction of sp³-hybridized carbons (Fsp3) is 0.364. The number of nitrogens with two attached hydrogens (primary N) is 1. The molecule has 0 saturated carbocycles. The van der Waals surface area contributed by atoms with E-state index in [1.807, 2.05) is 0 Å². The van der Waals surface area contributed by atoms with E-state index in [0.717, 1.165) is 5.75 Å². The van der Waals surface area contributed by atoms with Crippen molar-refractivity contribution in [1.82, 2.24) is 5.32 Å². The van der Waals surface area contributed by atoms with Crippen LogP contribution >= 0.6 is 0 Å². The third-order valence-corrected chi connectivity index (χ3v) is 2.08. The van der Waals surface area contributed by atoms with Crippen LogP contribution in [0.25, 0.3) is 0 Å². The fourth-order valence-corrected chi connectivity index (χ4v) is 1.20. The van der Waals surface area contributed by atoms with Gasteiger partial charge in [-0.2, -0.15) is 0 Å². The van der Waals surface area contributed by atoms with E-state index in [9.17, 15) is 4.79 Å². The largest absolute Gasteiger partial charge is 0.497 e. The van der Waals surface area contributed by atoms with Gasteiger partial charge in [0.1, 0.15) is 5.75 Å². The number of carbonyl (C=O) groups excluding carboxylic acids is 1. The lowest BCUT2D eigenvalue weighted by atomic mass is 10.2. The second-order valence-electron chi connectivity index (χ2n) is 3.21. The summed E-state index contributed by atoms with van der Waals surface area (Å²) in [6.07, 6.45) is 0.693. The van der Waals surface area contributed by atoms with E-state index in [-0.39, 0.29) is 5.91 Å². The Kier molecular flexibility index (Phi) is 5.31. The van der Waals surface area contributed by atoms with Crippen LogP contribution in [0.2, 0.25) is 0 Å². The van der Waals surface area contributed by atoms with Gasteiger partial charge in [0.25, 0.3) is 5.91 Å². The van der Waals surface area contributed by atoms with Crippen LogP contribution in [-0.2, 0) is 4.84 Å². The van der Waals surface area contributed by atoms with E-state index in [4.69, 9.17) is 10.6 Å². The molecule has 1 aromatic rings. The molecule has 1 aromatic carbocycles. The monoisotopic (exact) mass is 224 g/mol. The molecule has 0 aliphatic heterocycles. The van der Waals surface area contributed by atoms with Crippen molar-refractivity contribution in [2.75, 3.05) is 20.3 Å². The minimum Gasteiger partial charge on any atom is -0.497 e. The minimum atomic E-state index is -0.111. The molecule has 5 nitrogen and oxygen atoms in total. The lowest BCUT2D eigenvalue weighted by Crippen LogP contribution is -2.25. The lowest BCUT2D eigenvalue weighted by molar-refractivity contribution is 0.0941. The number of methoxy groups -OCH3 is 1. The van der Waals surface area contributed by atoms with E-state index < -0.39 is 0 Å². The Balaban J connectivity index is 2.40. The molecule has 0 aromatic heterocycles. The van der Waals surface area contributed by atoms with Crippen molar-refractivity contribution in [3.8, 4) is 5.75 Å². The van der Waals surface area contributed by atoms with Crippen LogP contribution in [0, 0.1) is 0 Å². The standard InChI is InChI=1S/C11H16N2O3/c1-15-10-5-3-9(4-6-10)11(14)13-7-2-8-16-12/h3-6H,2,7-8,12H2,1H3,(H,13,14). The third-order valence-electron chi connectivity index (χ3n) is 2.08. The van der Waals surface area contributed by atoms with Crippen molar-refractivity contribution >= 4 is 5.91 Å². The Morgan fingerprint density at radius 2 is 2.06 bits per heavy atom. The van der Waals surface area contributed by atoms with Crippen LogP contribution in [0.1, 0.15) is 16.8 Å². The summed E-state index contributed by atoms with van der Waals surface area (Å²) in [5.74, 6) is 5.48. The molecule has 0 bridgehead atoms.